The maximum absolute atomic E-state index is 10.0. The summed E-state index contributed by atoms with van der Waals surface area (Å²) in [7, 11) is 0. The number of aliphatic hydroxyl groups is 2. The molecule has 2 N–H and O–H groups in total. The lowest BCUT2D eigenvalue weighted by molar-refractivity contribution is 0.0733. The maximum atomic E-state index is 10.0. The summed E-state index contributed by atoms with van der Waals surface area (Å²) in [4.78, 5) is 2.17. The number of hydrogen-bond acceptors (Lipinski definition) is 4. The van der Waals surface area contributed by atoms with Crippen LogP contribution in [-0.2, 0) is 0 Å². The van der Waals surface area contributed by atoms with E-state index < -0.39 is 6.10 Å². The summed E-state index contributed by atoms with van der Waals surface area (Å²) < 4.78 is 5.53. The summed E-state index contributed by atoms with van der Waals surface area (Å²) in [5.41, 5.74) is 0. The normalized spacial score (nSPS) is 24.8. The van der Waals surface area contributed by atoms with Gasteiger partial charge in [-0.25, -0.2) is 0 Å². The van der Waals surface area contributed by atoms with Gasteiger partial charge in [-0.3, -0.25) is 4.90 Å². The van der Waals surface area contributed by atoms with Crippen molar-refractivity contribution in [1.29, 1.82) is 0 Å². The van der Waals surface area contributed by atoms with E-state index >= 15 is 0 Å². The summed E-state index contributed by atoms with van der Waals surface area (Å²) >= 11 is 5.99. The molecule has 0 saturated carbocycles. The molecule has 5 heteroatoms. The Bertz CT molecular complexity index is 429. The molecule has 1 unspecified atom stereocenters. The molecule has 0 spiro atoms. The van der Waals surface area contributed by atoms with Gasteiger partial charge in [-0.2, -0.15) is 0 Å². The molecular weight excluding hydrogens is 278 g/mol. The predicted octanol–water partition coefficient (Wildman–Crippen LogP) is 1.64. The van der Waals surface area contributed by atoms with Crippen LogP contribution in [0, 0.1) is 11.8 Å². The molecule has 1 heterocycles. The topological polar surface area (TPSA) is 52.9 Å². The second-order valence-electron chi connectivity index (χ2n) is 5.53. The molecule has 1 saturated heterocycles. The monoisotopic (exact) mass is 299 g/mol. The van der Waals surface area contributed by atoms with Gasteiger partial charge >= 0.3 is 0 Å². The zero-order valence-electron chi connectivity index (χ0n) is 11.7. The predicted molar refractivity (Wildman–Crippen MR) is 79.1 cm³/mol. The third kappa shape index (κ3) is 4.09. The summed E-state index contributed by atoms with van der Waals surface area (Å²) in [5, 5.41) is 19.8. The number of halogens is 1. The Morgan fingerprint density at radius 2 is 2.15 bits per heavy atom. The van der Waals surface area contributed by atoms with Gasteiger partial charge in [0.05, 0.1) is 5.02 Å². The van der Waals surface area contributed by atoms with E-state index in [0.717, 1.165) is 13.1 Å². The lowest BCUT2D eigenvalue weighted by Gasteiger charge is -2.20. The van der Waals surface area contributed by atoms with Gasteiger partial charge in [-0.05, 0) is 24.0 Å². The minimum atomic E-state index is -0.559. The lowest BCUT2D eigenvalue weighted by Crippen LogP contribution is -2.34. The van der Waals surface area contributed by atoms with Gasteiger partial charge in [0, 0.05) is 26.2 Å². The van der Waals surface area contributed by atoms with Crippen LogP contribution in [0.5, 0.6) is 5.75 Å². The fourth-order valence-corrected chi connectivity index (χ4v) is 2.82. The van der Waals surface area contributed by atoms with Crippen molar-refractivity contribution >= 4 is 11.6 Å². The van der Waals surface area contributed by atoms with Gasteiger partial charge in [0.15, 0.2) is 0 Å². The highest BCUT2D eigenvalue weighted by Crippen LogP contribution is 2.24. The Hall–Kier alpha value is -0.810. The number of β-amino-alcohol motifs (C(OH)–C–C–N with tert-alkyl or cyclic N) is 1. The van der Waals surface area contributed by atoms with E-state index in [9.17, 15) is 10.2 Å². The van der Waals surface area contributed by atoms with E-state index in [-0.39, 0.29) is 13.2 Å². The first-order valence-electron chi connectivity index (χ1n) is 6.98. The molecule has 20 heavy (non-hydrogen) atoms. The van der Waals surface area contributed by atoms with Crippen molar-refractivity contribution in [2.75, 3.05) is 32.8 Å². The first-order chi connectivity index (χ1) is 9.60. The highest BCUT2D eigenvalue weighted by molar-refractivity contribution is 6.32. The van der Waals surface area contributed by atoms with Crippen LogP contribution in [0.1, 0.15) is 6.92 Å². The average Bonchev–Trinajstić information content (AvgIpc) is 2.77. The fraction of sp³-hybridized carbons (Fsp3) is 0.600. The number of likely N-dealkylation sites (tertiary alicyclic amines) is 1. The van der Waals surface area contributed by atoms with Gasteiger partial charge in [0.25, 0.3) is 0 Å². The standard InChI is InChI=1S/C15H22ClNO3/c1-11-6-17(7-12(11)9-18)8-13(19)10-20-15-5-3-2-4-14(15)16/h2-5,11-13,18-19H,6-10H2,1H3/t11-,12+,13?/m1/s1. The number of aliphatic hydroxyl groups excluding tert-OH is 2. The Morgan fingerprint density at radius 1 is 1.40 bits per heavy atom. The Labute approximate surface area is 124 Å². The minimum absolute atomic E-state index is 0.212. The van der Waals surface area contributed by atoms with Crippen molar-refractivity contribution in [2.24, 2.45) is 11.8 Å². The molecule has 4 nitrogen and oxygen atoms in total. The second-order valence-corrected chi connectivity index (χ2v) is 5.94. The van der Waals surface area contributed by atoms with Gasteiger partial charge in [-0.15, -0.1) is 0 Å². The molecule has 112 valence electrons. The van der Waals surface area contributed by atoms with Crippen molar-refractivity contribution in [1.82, 2.24) is 4.90 Å². The zero-order chi connectivity index (χ0) is 14.5. The highest BCUT2D eigenvalue weighted by Gasteiger charge is 2.29. The Morgan fingerprint density at radius 3 is 2.80 bits per heavy atom. The van der Waals surface area contributed by atoms with Crippen molar-refractivity contribution in [3.8, 4) is 5.75 Å². The van der Waals surface area contributed by atoms with Crippen LogP contribution in [0.15, 0.2) is 24.3 Å². The number of hydrogen-bond donors (Lipinski definition) is 2. The summed E-state index contributed by atoms with van der Waals surface area (Å²) in [6.45, 7) is 4.87. The van der Waals surface area contributed by atoms with E-state index in [1.54, 1.807) is 12.1 Å². The number of ether oxygens (including phenoxy) is 1. The van der Waals surface area contributed by atoms with Crippen LogP contribution in [-0.4, -0.2) is 54.1 Å². The summed E-state index contributed by atoms with van der Waals surface area (Å²) in [5.74, 6) is 1.37. The van der Waals surface area contributed by atoms with Gasteiger partial charge in [0.1, 0.15) is 18.5 Å². The molecule has 0 aliphatic carbocycles. The largest absolute Gasteiger partial charge is 0.489 e. The Kier molecular flexibility index (Phi) is 5.66. The number of nitrogens with zero attached hydrogens (tertiary/aromatic N) is 1. The molecule has 0 bridgehead atoms. The first kappa shape index (κ1) is 15.6. The molecule has 1 aromatic carbocycles. The fourth-order valence-electron chi connectivity index (χ4n) is 2.63. The van der Waals surface area contributed by atoms with Crippen molar-refractivity contribution in [3.05, 3.63) is 29.3 Å². The summed E-state index contributed by atoms with van der Waals surface area (Å²) in [6, 6.07) is 7.24. The molecule has 0 radical (unpaired) electrons. The van der Waals surface area contributed by atoms with Crippen LogP contribution in [0.2, 0.25) is 5.02 Å². The van der Waals surface area contributed by atoms with Crippen molar-refractivity contribution in [3.63, 3.8) is 0 Å². The number of rotatable bonds is 6. The number of para-hydroxylation sites is 1. The maximum Gasteiger partial charge on any atom is 0.138 e. The Balaban J connectivity index is 1.76. The van der Waals surface area contributed by atoms with E-state index in [2.05, 4.69) is 11.8 Å². The third-order valence-corrected chi connectivity index (χ3v) is 4.13. The van der Waals surface area contributed by atoms with Gasteiger partial charge in [-0.1, -0.05) is 30.7 Å². The highest BCUT2D eigenvalue weighted by atomic mass is 35.5. The van der Waals surface area contributed by atoms with Crippen molar-refractivity contribution < 1.29 is 14.9 Å². The van der Waals surface area contributed by atoms with E-state index in [0.29, 0.717) is 29.2 Å². The molecule has 0 amide bonds. The van der Waals surface area contributed by atoms with Gasteiger partial charge in [0.2, 0.25) is 0 Å². The molecule has 1 fully saturated rings. The molecule has 3 atom stereocenters. The van der Waals surface area contributed by atoms with Crippen molar-refractivity contribution in [2.45, 2.75) is 13.0 Å². The second kappa shape index (κ2) is 7.27. The van der Waals surface area contributed by atoms with Gasteiger partial charge < -0.3 is 14.9 Å². The van der Waals surface area contributed by atoms with Crippen LogP contribution >= 0.6 is 11.6 Å². The molecule has 0 aromatic heterocycles. The van der Waals surface area contributed by atoms with Crippen LogP contribution in [0.3, 0.4) is 0 Å². The van der Waals surface area contributed by atoms with E-state index in [1.165, 1.54) is 0 Å². The van der Waals surface area contributed by atoms with Crippen LogP contribution in [0.25, 0.3) is 0 Å². The molecule has 1 aliphatic heterocycles. The molecule has 1 aromatic rings. The third-order valence-electron chi connectivity index (χ3n) is 3.81. The van der Waals surface area contributed by atoms with E-state index in [1.807, 2.05) is 12.1 Å². The molecule has 1 aliphatic rings. The number of benzene rings is 1. The minimum Gasteiger partial charge on any atom is -0.489 e. The average molecular weight is 300 g/mol. The lowest BCUT2D eigenvalue weighted by atomic mass is 10.00. The smallest absolute Gasteiger partial charge is 0.138 e. The van der Waals surface area contributed by atoms with E-state index in [4.69, 9.17) is 16.3 Å². The zero-order valence-corrected chi connectivity index (χ0v) is 12.5. The first-order valence-corrected chi connectivity index (χ1v) is 7.36. The summed E-state index contributed by atoms with van der Waals surface area (Å²) in [6.07, 6.45) is -0.559. The molecule has 2 rings (SSSR count). The van der Waals surface area contributed by atoms with Crippen LogP contribution < -0.4 is 4.74 Å². The van der Waals surface area contributed by atoms with Crippen LogP contribution in [0.4, 0.5) is 0 Å². The SMILES string of the molecule is C[C@@H]1CN(CC(O)COc2ccccc2Cl)C[C@H]1CO. The quantitative estimate of drug-likeness (QED) is 0.838. The molecular formula is C15H22ClNO3.